The molecule has 0 aliphatic carbocycles. The van der Waals surface area contributed by atoms with Crippen LogP contribution in [0.3, 0.4) is 0 Å². The molecule has 2 saturated heterocycles. The number of aryl methyl sites for hydroxylation is 1. The minimum atomic E-state index is -0.440. The van der Waals surface area contributed by atoms with E-state index < -0.39 is 5.79 Å². The molecule has 2 amide bonds. The van der Waals surface area contributed by atoms with Crippen LogP contribution in [-0.4, -0.2) is 56.2 Å². The molecule has 2 heterocycles. The molecular weight excluding hydrogens is 308 g/mol. The Hall–Kier alpha value is -1.79. The summed E-state index contributed by atoms with van der Waals surface area (Å²) < 4.78 is 17.0. The maximum atomic E-state index is 12.2. The first kappa shape index (κ1) is 17.0. The lowest BCUT2D eigenvalue weighted by Crippen LogP contribution is -2.50. The molecule has 24 heavy (non-hydrogen) atoms. The highest BCUT2D eigenvalue weighted by Crippen LogP contribution is 2.31. The van der Waals surface area contributed by atoms with Gasteiger partial charge in [0.25, 0.3) is 0 Å². The summed E-state index contributed by atoms with van der Waals surface area (Å²) in [6.07, 6.45) is 2.49. The van der Waals surface area contributed by atoms with Crippen molar-refractivity contribution in [2.45, 2.75) is 32.0 Å². The highest BCUT2D eigenvalue weighted by molar-refractivity contribution is 5.74. The van der Waals surface area contributed by atoms with E-state index in [9.17, 15) is 4.79 Å². The summed E-state index contributed by atoms with van der Waals surface area (Å²) in [4.78, 5) is 14.0. The Bertz CT molecular complexity index is 530. The number of benzene rings is 1. The van der Waals surface area contributed by atoms with E-state index in [1.807, 2.05) is 17.0 Å². The van der Waals surface area contributed by atoms with Gasteiger partial charge in [-0.1, -0.05) is 19.1 Å². The number of likely N-dealkylation sites (tertiary alicyclic amines) is 1. The van der Waals surface area contributed by atoms with Gasteiger partial charge in [-0.2, -0.15) is 0 Å². The maximum absolute atomic E-state index is 12.2. The predicted octanol–water partition coefficient (Wildman–Crippen LogP) is 2.18. The van der Waals surface area contributed by atoms with Gasteiger partial charge in [0, 0.05) is 25.9 Å². The quantitative estimate of drug-likeness (QED) is 0.839. The maximum Gasteiger partial charge on any atom is 0.317 e. The molecule has 132 valence electrons. The van der Waals surface area contributed by atoms with E-state index in [2.05, 4.69) is 24.4 Å². The Morgan fingerprint density at radius 2 is 1.88 bits per heavy atom. The van der Waals surface area contributed by atoms with Crippen LogP contribution in [0.25, 0.3) is 0 Å². The fourth-order valence-corrected chi connectivity index (χ4v) is 3.10. The number of amides is 2. The molecule has 1 aromatic carbocycles. The molecule has 2 fully saturated rings. The second kappa shape index (κ2) is 7.85. The zero-order valence-corrected chi connectivity index (χ0v) is 14.3. The first-order chi connectivity index (χ1) is 11.7. The van der Waals surface area contributed by atoms with Crippen LogP contribution < -0.4 is 10.1 Å². The fourth-order valence-electron chi connectivity index (χ4n) is 3.10. The molecule has 0 saturated carbocycles. The van der Waals surface area contributed by atoms with Crippen molar-refractivity contribution in [3.05, 3.63) is 29.8 Å². The Kier molecular flexibility index (Phi) is 5.58. The number of hydrogen-bond donors (Lipinski definition) is 1. The molecular formula is C18H26N2O4. The molecule has 1 spiro atoms. The summed E-state index contributed by atoms with van der Waals surface area (Å²) in [6, 6.07) is 8.00. The van der Waals surface area contributed by atoms with Gasteiger partial charge in [0.15, 0.2) is 5.79 Å². The van der Waals surface area contributed by atoms with E-state index in [1.165, 1.54) is 5.56 Å². The lowest BCUT2D eigenvalue weighted by molar-refractivity contribution is -0.181. The Labute approximate surface area is 143 Å². The molecule has 1 N–H and O–H groups in total. The molecule has 6 nitrogen and oxygen atoms in total. The second-order valence-corrected chi connectivity index (χ2v) is 6.17. The number of carbonyl (C=O) groups excluding carboxylic acids is 1. The molecule has 0 atom stereocenters. The molecule has 2 aliphatic heterocycles. The van der Waals surface area contributed by atoms with Crippen molar-refractivity contribution in [2.24, 2.45) is 0 Å². The number of urea groups is 1. The standard InChI is InChI=1S/C18H26N2O4/c1-2-15-3-5-16(6-4-15)22-12-9-19-17(21)20-10-7-18(8-11-20)23-13-14-24-18/h3-6H,2,7-14H2,1H3,(H,19,21). The van der Waals surface area contributed by atoms with Gasteiger partial charge in [0.05, 0.1) is 19.8 Å². The van der Waals surface area contributed by atoms with Crippen LogP contribution in [0.2, 0.25) is 0 Å². The van der Waals surface area contributed by atoms with Crippen molar-refractivity contribution in [3.63, 3.8) is 0 Å². The predicted molar refractivity (Wildman–Crippen MR) is 90.2 cm³/mol. The Balaban J connectivity index is 1.34. The molecule has 0 aromatic heterocycles. The van der Waals surface area contributed by atoms with Crippen LogP contribution in [-0.2, 0) is 15.9 Å². The van der Waals surface area contributed by atoms with Crippen molar-refractivity contribution >= 4 is 6.03 Å². The summed E-state index contributed by atoms with van der Waals surface area (Å²) in [5.41, 5.74) is 1.29. The average Bonchev–Trinajstić information content (AvgIpc) is 3.07. The van der Waals surface area contributed by atoms with Crippen molar-refractivity contribution < 1.29 is 19.0 Å². The summed E-state index contributed by atoms with van der Waals surface area (Å²) >= 11 is 0. The van der Waals surface area contributed by atoms with E-state index >= 15 is 0 Å². The van der Waals surface area contributed by atoms with Crippen LogP contribution in [0, 0.1) is 0 Å². The van der Waals surface area contributed by atoms with E-state index in [-0.39, 0.29) is 6.03 Å². The van der Waals surface area contributed by atoms with Crippen LogP contribution >= 0.6 is 0 Å². The van der Waals surface area contributed by atoms with E-state index in [1.54, 1.807) is 0 Å². The molecule has 3 rings (SSSR count). The SMILES string of the molecule is CCc1ccc(OCCNC(=O)N2CCC3(CC2)OCCO3)cc1. The first-order valence-electron chi connectivity index (χ1n) is 8.73. The van der Waals surface area contributed by atoms with Gasteiger partial charge in [-0.3, -0.25) is 0 Å². The topological polar surface area (TPSA) is 60.0 Å². The smallest absolute Gasteiger partial charge is 0.317 e. The Morgan fingerprint density at radius 3 is 2.50 bits per heavy atom. The largest absolute Gasteiger partial charge is 0.492 e. The second-order valence-electron chi connectivity index (χ2n) is 6.17. The fraction of sp³-hybridized carbons (Fsp3) is 0.611. The van der Waals surface area contributed by atoms with Gasteiger partial charge in [-0.15, -0.1) is 0 Å². The molecule has 0 unspecified atom stereocenters. The summed E-state index contributed by atoms with van der Waals surface area (Å²) in [6.45, 7) is 5.70. The number of rotatable bonds is 5. The van der Waals surface area contributed by atoms with Gasteiger partial charge < -0.3 is 24.4 Å². The van der Waals surface area contributed by atoms with Crippen LogP contribution in [0.4, 0.5) is 4.79 Å². The van der Waals surface area contributed by atoms with Crippen molar-refractivity contribution in [1.29, 1.82) is 0 Å². The number of carbonyl (C=O) groups is 1. The number of ether oxygens (including phenoxy) is 3. The van der Waals surface area contributed by atoms with Crippen LogP contribution in [0.15, 0.2) is 24.3 Å². The lowest BCUT2D eigenvalue weighted by Gasteiger charge is -2.37. The number of piperidine rings is 1. The molecule has 2 aliphatic rings. The molecule has 6 heteroatoms. The number of nitrogens with one attached hydrogen (secondary N) is 1. The lowest BCUT2D eigenvalue weighted by atomic mass is 10.0. The highest BCUT2D eigenvalue weighted by Gasteiger charge is 2.40. The van der Waals surface area contributed by atoms with E-state index in [0.29, 0.717) is 39.5 Å². The van der Waals surface area contributed by atoms with Gasteiger partial charge in [0.1, 0.15) is 12.4 Å². The first-order valence-corrected chi connectivity index (χ1v) is 8.73. The van der Waals surface area contributed by atoms with Gasteiger partial charge in [-0.05, 0) is 24.1 Å². The third-order valence-electron chi connectivity index (χ3n) is 4.60. The van der Waals surface area contributed by atoms with Crippen LogP contribution in [0.1, 0.15) is 25.3 Å². The van der Waals surface area contributed by atoms with E-state index in [0.717, 1.165) is 25.0 Å². The number of hydrogen-bond acceptors (Lipinski definition) is 4. The van der Waals surface area contributed by atoms with Crippen molar-refractivity contribution in [1.82, 2.24) is 10.2 Å². The molecule has 0 bridgehead atoms. The molecule has 0 radical (unpaired) electrons. The van der Waals surface area contributed by atoms with Gasteiger partial charge >= 0.3 is 6.03 Å². The minimum Gasteiger partial charge on any atom is -0.492 e. The normalized spacial score (nSPS) is 19.5. The summed E-state index contributed by atoms with van der Waals surface area (Å²) in [5, 5.41) is 2.90. The zero-order chi connectivity index (χ0) is 16.8. The molecule has 1 aromatic rings. The summed E-state index contributed by atoms with van der Waals surface area (Å²) in [7, 11) is 0. The monoisotopic (exact) mass is 334 g/mol. The van der Waals surface area contributed by atoms with Gasteiger partial charge in [-0.25, -0.2) is 4.79 Å². The van der Waals surface area contributed by atoms with E-state index in [4.69, 9.17) is 14.2 Å². The van der Waals surface area contributed by atoms with Crippen LogP contribution in [0.5, 0.6) is 5.75 Å². The Morgan fingerprint density at radius 1 is 1.21 bits per heavy atom. The minimum absolute atomic E-state index is 0.0484. The third-order valence-corrected chi connectivity index (χ3v) is 4.60. The highest BCUT2D eigenvalue weighted by atomic mass is 16.7. The number of nitrogens with zero attached hydrogens (tertiary/aromatic N) is 1. The zero-order valence-electron chi connectivity index (χ0n) is 14.3. The van der Waals surface area contributed by atoms with Crippen molar-refractivity contribution in [2.75, 3.05) is 39.5 Å². The van der Waals surface area contributed by atoms with Gasteiger partial charge in [0.2, 0.25) is 0 Å². The van der Waals surface area contributed by atoms with Crippen molar-refractivity contribution in [3.8, 4) is 5.75 Å². The summed E-state index contributed by atoms with van der Waals surface area (Å²) in [5.74, 6) is 0.391. The average molecular weight is 334 g/mol. The third kappa shape index (κ3) is 4.19.